The second-order valence-corrected chi connectivity index (χ2v) is 4.14. The Morgan fingerprint density at radius 2 is 1.62 bits per heavy atom. The smallest absolute Gasteiger partial charge is 0.119 e. The van der Waals surface area contributed by atoms with Gasteiger partial charge in [-0.25, -0.2) is 0 Å². The van der Waals surface area contributed by atoms with Gasteiger partial charge in [0.1, 0.15) is 11.5 Å². The van der Waals surface area contributed by atoms with E-state index in [9.17, 15) is 15.3 Å². The minimum Gasteiger partial charge on any atom is -0.508 e. The predicted molar refractivity (Wildman–Crippen MR) is 62.7 cm³/mol. The summed E-state index contributed by atoms with van der Waals surface area (Å²) in [5, 5.41) is 28.4. The Morgan fingerprint density at radius 1 is 1.12 bits per heavy atom. The van der Waals surface area contributed by atoms with Gasteiger partial charge in [-0.3, -0.25) is 0 Å². The maximum absolute atomic E-state index is 9.80. The molecule has 0 spiro atoms. The van der Waals surface area contributed by atoms with Gasteiger partial charge in [0.2, 0.25) is 0 Å². The molecule has 4 nitrogen and oxygen atoms in total. The van der Waals surface area contributed by atoms with Crippen molar-refractivity contribution < 1.29 is 15.3 Å². The van der Waals surface area contributed by atoms with Crippen molar-refractivity contribution in [1.82, 2.24) is 0 Å². The molecular formula is C11H16ClNO3. The van der Waals surface area contributed by atoms with Gasteiger partial charge >= 0.3 is 0 Å². The summed E-state index contributed by atoms with van der Waals surface area (Å²) in [5.41, 5.74) is 6.41. The first-order chi connectivity index (χ1) is 7.08. The van der Waals surface area contributed by atoms with E-state index in [0.717, 1.165) is 12.8 Å². The molecule has 2 atom stereocenters. The Hall–Kier alpha value is -0.970. The minimum absolute atomic E-state index is 0. The average Bonchev–Trinajstić information content (AvgIpc) is 2.97. The highest BCUT2D eigenvalue weighted by Gasteiger charge is 2.34. The second kappa shape index (κ2) is 4.91. The minimum atomic E-state index is -0.591. The number of aliphatic hydroxyl groups excluding tert-OH is 1. The van der Waals surface area contributed by atoms with Gasteiger partial charge in [0.15, 0.2) is 0 Å². The fourth-order valence-corrected chi connectivity index (χ4v) is 1.74. The van der Waals surface area contributed by atoms with E-state index in [1.54, 1.807) is 0 Å². The Kier molecular flexibility index (Phi) is 4.02. The van der Waals surface area contributed by atoms with Crippen molar-refractivity contribution in [2.75, 3.05) is 0 Å². The summed E-state index contributed by atoms with van der Waals surface area (Å²) in [6.07, 6.45) is 1.41. The van der Waals surface area contributed by atoms with Crippen LogP contribution in [0.1, 0.15) is 24.4 Å². The van der Waals surface area contributed by atoms with Crippen molar-refractivity contribution in [1.29, 1.82) is 0 Å². The maximum Gasteiger partial charge on any atom is 0.119 e. The maximum atomic E-state index is 9.80. The van der Waals surface area contributed by atoms with E-state index in [2.05, 4.69) is 0 Å². The van der Waals surface area contributed by atoms with Gasteiger partial charge in [0.05, 0.1) is 12.1 Å². The zero-order valence-electron chi connectivity index (χ0n) is 8.71. The third kappa shape index (κ3) is 2.78. The number of halogens is 1. The predicted octanol–water partition coefficient (Wildman–Crippen LogP) is 1.29. The van der Waals surface area contributed by atoms with Crippen LogP contribution in [0.5, 0.6) is 11.5 Å². The molecule has 0 heterocycles. The first-order valence-corrected chi connectivity index (χ1v) is 5.04. The largest absolute Gasteiger partial charge is 0.508 e. The fourth-order valence-electron chi connectivity index (χ4n) is 1.74. The molecule has 0 unspecified atom stereocenters. The number of rotatable bonds is 3. The van der Waals surface area contributed by atoms with E-state index in [4.69, 9.17) is 5.73 Å². The van der Waals surface area contributed by atoms with E-state index in [1.807, 2.05) is 0 Å². The van der Waals surface area contributed by atoms with E-state index in [1.165, 1.54) is 18.2 Å². The molecule has 0 amide bonds. The summed E-state index contributed by atoms with van der Waals surface area (Å²) in [6.45, 7) is 0. The first kappa shape index (κ1) is 13.1. The number of aromatic hydroxyl groups is 2. The molecule has 0 radical (unpaired) electrons. The van der Waals surface area contributed by atoms with Gasteiger partial charge in [-0.15, -0.1) is 12.4 Å². The summed E-state index contributed by atoms with van der Waals surface area (Å²) < 4.78 is 0. The van der Waals surface area contributed by atoms with Crippen molar-refractivity contribution >= 4 is 12.4 Å². The molecule has 90 valence electrons. The van der Waals surface area contributed by atoms with E-state index in [-0.39, 0.29) is 29.8 Å². The number of phenolic OH excluding ortho intramolecular Hbond substituents is 2. The third-order valence-corrected chi connectivity index (χ3v) is 2.78. The number of hydrogen-bond acceptors (Lipinski definition) is 4. The van der Waals surface area contributed by atoms with Gasteiger partial charge in [0.25, 0.3) is 0 Å². The standard InChI is InChI=1S/C11H15NO3.ClH/c12-10(11(15)6-1-2-6)7-3-8(13)5-9(14)4-7;/h3-6,10-11,13-15H,1-2,12H2;1H/t10-,11+;/m0./s1. The lowest BCUT2D eigenvalue weighted by atomic mass is 9.99. The highest BCUT2D eigenvalue weighted by molar-refractivity contribution is 5.85. The van der Waals surface area contributed by atoms with Gasteiger partial charge in [-0.05, 0) is 36.5 Å². The number of benzene rings is 1. The number of nitrogens with two attached hydrogens (primary N) is 1. The van der Waals surface area contributed by atoms with Crippen LogP contribution in [0.4, 0.5) is 0 Å². The summed E-state index contributed by atoms with van der Waals surface area (Å²) in [4.78, 5) is 0. The molecule has 16 heavy (non-hydrogen) atoms. The van der Waals surface area contributed by atoms with E-state index in [0.29, 0.717) is 5.56 Å². The molecular weight excluding hydrogens is 230 g/mol. The molecule has 1 aromatic carbocycles. The molecule has 5 heteroatoms. The molecule has 0 aliphatic heterocycles. The van der Waals surface area contributed by atoms with Crippen LogP contribution < -0.4 is 5.73 Å². The zero-order valence-corrected chi connectivity index (χ0v) is 9.52. The number of hydrogen-bond donors (Lipinski definition) is 4. The van der Waals surface area contributed by atoms with Crippen LogP contribution in [-0.2, 0) is 0 Å². The zero-order chi connectivity index (χ0) is 11.0. The Balaban J connectivity index is 0.00000128. The molecule has 5 N–H and O–H groups in total. The molecule has 1 fully saturated rings. The lowest BCUT2D eigenvalue weighted by Crippen LogP contribution is -2.27. The van der Waals surface area contributed by atoms with Crippen LogP contribution in [0, 0.1) is 5.92 Å². The van der Waals surface area contributed by atoms with Crippen molar-refractivity contribution in [2.24, 2.45) is 11.7 Å². The molecule has 0 saturated heterocycles. The van der Waals surface area contributed by atoms with Gasteiger partial charge in [-0.1, -0.05) is 0 Å². The van der Waals surface area contributed by atoms with Crippen LogP contribution in [0.2, 0.25) is 0 Å². The van der Waals surface area contributed by atoms with Crippen LogP contribution >= 0.6 is 12.4 Å². The Bertz CT molecular complexity index is 348. The Labute approximate surface area is 100 Å². The molecule has 0 aromatic heterocycles. The highest BCUT2D eigenvalue weighted by atomic mass is 35.5. The van der Waals surface area contributed by atoms with Crippen molar-refractivity contribution in [3.63, 3.8) is 0 Å². The second-order valence-electron chi connectivity index (χ2n) is 4.14. The Morgan fingerprint density at radius 3 is 2.06 bits per heavy atom. The summed E-state index contributed by atoms with van der Waals surface area (Å²) in [5.74, 6) is 0.191. The average molecular weight is 246 g/mol. The molecule has 1 saturated carbocycles. The molecule has 1 aliphatic rings. The first-order valence-electron chi connectivity index (χ1n) is 5.04. The van der Waals surface area contributed by atoms with Crippen LogP contribution in [0.3, 0.4) is 0 Å². The van der Waals surface area contributed by atoms with Crippen molar-refractivity contribution in [2.45, 2.75) is 25.0 Å². The third-order valence-electron chi connectivity index (χ3n) is 2.78. The van der Waals surface area contributed by atoms with E-state index >= 15 is 0 Å². The molecule has 1 aliphatic carbocycles. The number of phenols is 2. The lowest BCUT2D eigenvalue weighted by Gasteiger charge is -2.19. The molecule has 0 bridgehead atoms. The molecule has 2 rings (SSSR count). The van der Waals surface area contributed by atoms with Gasteiger partial charge in [-0.2, -0.15) is 0 Å². The monoisotopic (exact) mass is 245 g/mol. The summed E-state index contributed by atoms with van der Waals surface area (Å²) in [7, 11) is 0. The van der Waals surface area contributed by atoms with Crippen molar-refractivity contribution in [3.05, 3.63) is 23.8 Å². The number of aliphatic hydroxyl groups is 1. The lowest BCUT2D eigenvalue weighted by molar-refractivity contribution is 0.122. The highest BCUT2D eigenvalue weighted by Crippen LogP contribution is 2.38. The van der Waals surface area contributed by atoms with Crippen LogP contribution in [0.15, 0.2) is 18.2 Å². The summed E-state index contributed by atoms with van der Waals surface area (Å²) >= 11 is 0. The van der Waals surface area contributed by atoms with Gasteiger partial charge in [0, 0.05) is 6.07 Å². The van der Waals surface area contributed by atoms with Crippen molar-refractivity contribution in [3.8, 4) is 11.5 Å². The quantitative estimate of drug-likeness (QED) is 0.646. The van der Waals surface area contributed by atoms with Crippen LogP contribution in [-0.4, -0.2) is 21.4 Å². The molecule has 1 aromatic rings. The van der Waals surface area contributed by atoms with Crippen LogP contribution in [0.25, 0.3) is 0 Å². The fraction of sp³-hybridized carbons (Fsp3) is 0.455. The SMILES string of the molecule is Cl.N[C@@H](c1cc(O)cc(O)c1)[C@H](O)C1CC1. The topological polar surface area (TPSA) is 86.7 Å². The van der Waals surface area contributed by atoms with E-state index < -0.39 is 12.1 Å². The van der Waals surface area contributed by atoms with Gasteiger partial charge < -0.3 is 21.1 Å². The summed E-state index contributed by atoms with van der Waals surface area (Å²) in [6, 6.07) is 3.63. The normalized spacial score (nSPS) is 18.6.